The number of methoxy groups -OCH3 is 2. The SMILES string of the molecule is COc1ccc(NC(=O)CN(c2ccc(C(C)C)cc2)S(C)(=O)=O)cc1OC. The Bertz CT molecular complexity index is 924. The maximum atomic E-state index is 12.5. The monoisotopic (exact) mass is 406 g/mol. The highest BCUT2D eigenvalue weighted by molar-refractivity contribution is 7.92. The van der Waals surface area contributed by atoms with Crippen molar-refractivity contribution >= 4 is 27.3 Å². The molecule has 0 spiro atoms. The first kappa shape index (κ1) is 21.6. The Labute approximate surface area is 166 Å². The molecule has 2 rings (SSSR count). The molecule has 0 atom stereocenters. The zero-order valence-electron chi connectivity index (χ0n) is 16.7. The van der Waals surface area contributed by atoms with Gasteiger partial charge in [0.25, 0.3) is 0 Å². The Balaban J connectivity index is 2.20. The highest BCUT2D eigenvalue weighted by Gasteiger charge is 2.21. The summed E-state index contributed by atoms with van der Waals surface area (Å²) >= 11 is 0. The number of benzene rings is 2. The first-order chi connectivity index (χ1) is 13.2. The van der Waals surface area contributed by atoms with Crippen molar-refractivity contribution in [2.75, 3.05) is 36.6 Å². The van der Waals surface area contributed by atoms with Crippen LogP contribution in [0.5, 0.6) is 11.5 Å². The minimum Gasteiger partial charge on any atom is -0.493 e. The predicted octanol–water partition coefficient (Wildman–Crippen LogP) is 3.23. The standard InChI is InChI=1S/C20H26N2O5S/c1-14(2)15-6-9-17(10-7-15)22(28(5,24)25)13-20(23)21-16-8-11-18(26-3)19(12-16)27-4/h6-12,14H,13H2,1-5H3,(H,21,23). The second-order valence-electron chi connectivity index (χ2n) is 6.63. The van der Waals surface area contributed by atoms with Gasteiger partial charge in [-0.1, -0.05) is 26.0 Å². The van der Waals surface area contributed by atoms with Gasteiger partial charge in [-0.3, -0.25) is 9.10 Å². The van der Waals surface area contributed by atoms with Gasteiger partial charge in [0, 0.05) is 11.8 Å². The predicted molar refractivity (Wildman–Crippen MR) is 111 cm³/mol. The van der Waals surface area contributed by atoms with E-state index in [0.29, 0.717) is 28.8 Å². The van der Waals surface area contributed by atoms with Crippen LogP contribution in [0, 0.1) is 0 Å². The van der Waals surface area contributed by atoms with Crippen LogP contribution < -0.4 is 19.1 Å². The van der Waals surface area contributed by atoms with Gasteiger partial charge in [-0.25, -0.2) is 8.42 Å². The number of amides is 1. The molecule has 8 heteroatoms. The smallest absolute Gasteiger partial charge is 0.245 e. The average molecular weight is 407 g/mol. The largest absolute Gasteiger partial charge is 0.493 e. The molecule has 152 valence electrons. The van der Waals surface area contributed by atoms with E-state index in [9.17, 15) is 13.2 Å². The van der Waals surface area contributed by atoms with Gasteiger partial charge in [-0.05, 0) is 35.7 Å². The number of nitrogens with zero attached hydrogens (tertiary/aromatic N) is 1. The normalized spacial score (nSPS) is 11.2. The summed E-state index contributed by atoms with van der Waals surface area (Å²) in [4.78, 5) is 12.5. The highest BCUT2D eigenvalue weighted by atomic mass is 32.2. The number of rotatable bonds is 8. The number of ether oxygens (including phenoxy) is 2. The van der Waals surface area contributed by atoms with Gasteiger partial charge in [-0.15, -0.1) is 0 Å². The molecule has 0 unspecified atom stereocenters. The van der Waals surface area contributed by atoms with Crippen molar-refractivity contribution in [2.45, 2.75) is 19.8 Å². The zero-order chi connectivity index (χ0) is 20.9. The van der Waals surface area contributed by atoms with Crippen molar-refractivity contribution in [3.05, 3.63) is 48.0 Å². The van der Waals surface area contributed by atoms with Crippen LogP contribution in [0.4, 0.5) is 11.4 Å². The third-order valence-corrected chi connectivity index (χ3v) is 5.34. The summed E-state index contributed by atoms with van der Waals surface area (Å²) in [6.07, 6.45) is 1.08. The molecule has 0 saturated carbocycles. The van der Waals surface area contributed by atoms with Gasteiger partial charge in [0.15, 0.2) is 11.5 Å². The number of nitrogens with one attached hydrogen (secondary N) is 1. The number of hydrogen-bond donors (Lipinski definition) is 1. The van der Waals surface area contributed by atoms with Crippen LogP contribution in [0.25, 0.3) is 0 Å². The first-order valence-corrected chi connectivity index (χ1v) is 10.6. The van der Waals surface area contributed by atoms with Crippen molar-refractivity contribution in [3.8, 4) is 11.5 Å². The third kappa shape index (κ3) is 5.39. The van der Waals surface area contributed by atoms with Gasteiger partial charge in [-0.2, -0.15) is 0 Å². The van der Waals surface area contributed by atoms with Crippen LogP contribution in [-0.4, -0.2) is 41.3 Å². The second kappa shape index (κ2) is 8.97. The molecule has 0 aliphatic rings. The molecule has 7 nitrogen and oxygen atoms in total. The summed E-state index contributed by atoms with van der Waals surface area (Å²) in [5.74, 6) is 0.854. The maximum absolute atomic E-state index is 12.5. The number of hydrogen-bond acceptors (Lipinski definition) is 5. The van der Waals surface area contributed by atoms with Crippen LogP contribution >= 0.6 is 0 Å². The van der Waals surface area contributed by atoms with E-state index in [1.807, 2.05) is 12.1 Å². The van der Waals surface area contributed by atoms with E-state index in [1.165, 1.54) is 14.2 Å². The number of carbonyl (C=O) groups excluding carboxylic acids is 1. The number of carbonyl (C=O) groups is 1. The molecule has 0 aliphatic carbocycles. The van der Waals surface area contributed by atoms with Crippen LogP contribution in [-0.2, 0) is 14.8 Å². The molecular weight excluding hydrogens is 380 g/mol. The minimum atomic E-state index is -3.63. The van der Waals surface area contributed by atoms with Gasteiger partial charge in [0.05, 0.1) is 26.2 Å². The quantitative estimate of drug-likeness (QED) is 0.727. The van der Waals surface area contributed by atoms with Crippen molar-refractivity contribution in [1.29, 1.82) is 0 Å². The van der Waals surface area contributed by atoms with Crippen LogP contribution in [0.2, 0.25) is 0 Å². The molecule has 2 aromatic carbocycles. The molecule has 1 amide bonds. The molecule has 0 aromatic heterocycles. The Hall–Kier alpha value is -2.74. The second-order valence-corrected chi connectivity index (χ2v) is 8.54. The Morgan fingerprint density at radius 1 is 1.04 bits per heavy atom. The highest BCUT2D eigenvalue weighted by Crippen LogP contribution is 2.30. The average Bonchev–Trinajstić information content (AvgIpc) is 2.65. The maximum Gasteiger partial charge on any atom is 0.245 e. The first-order valence-electron chi connectivity index (χ1n) is 8.75. The summed E-state index contributed by atoms with van der Waals surface area (Å²) in [7, 11) is -0.620. The van der Waals surface area contributed by atoms with E-state index in [4.69, 9.17) is 9.47 Å². The van der Waals surface area contributed by atoms with E-state index in [1.54, 1.807) is 30.3 Å². The fraction of sp³-hybridized carbons (Fsp3) is 0.350. The van der Waals surface area contributed by atoms with Gasteiger partial charge in [0.2, 0.25) is 15.9 Å². The summed E-state index contributed by atoms with van der Waals surface area (Å²) in [5, 5.41) is 2.69. The Morgan fingerprint density at radius 3 is 2.14 bits per heavy atom. The van der Waals surface area contributed by atoms with E-state index < -0.39 is 15.9 Å². The molecule has 0 aliphatic heterocycles. The molecule has 0 fully saturated rings. The molecule has 28 heavy (non-hydrogen) atoms. The topological polar surface area (TPSA) is 84.9 Å². The number of sulfonamides is 1. The fourth-order valence-electron chi connectivity index (χ4n) is 2.67. The molecule has 0 heterocycles. The van der Waals surface area contributed by atoms with E-state index in [-0.39, 0.29) is 6.54 Å². The Kier molecular flexibility index (Phi) is 6.90. The molecule has 1 N–H and O–H groups in total. The molecular formula is C20H26N2O5S. The van der Waals surface area contributed by atoms with Crippen LogP contribution in [0.15, 0.2) is 42.5 Å². The molecule has 2 aromatic rings. The number of anilines is 2. The zero-order valence-corrected chi connectivity index (χ0v) is 17.5. The summed E-state index contributed by atoms with van der Waals surface area (Å²) in [6, 6.07) is 12.1. The van der Waals surface area contributed by atoms with Crippen molar-refractivity contribution in [1.82, 2.24) is 0 Å². The van der Waals surface area contributed by atoms with Crippen molar-refractivity contribution < 1.29 is 22.7 Å². The third-order valence-electron chi connectivity index (χ3n) is 4.20. The lowest BCUT2D eigenvalue weighted by atomic mass is 10.0. The van der Waals surface area contributed by atoms with E-state index in [2.05, 4.69) is 19.2 Å². The fourth-order valence-corrected chi connectivity index (χ4v) is 3.53. The molecule has 0 radical (unpaired) electrons. The van der Waals surface area contributed by atoms with E-state index in [0.717, 1.165) is 16.1 Å². The lowest BCUT2D eigenvalue weighted by molar-refractivity contribution is -0.114. The van der Waals surface area contributed by atoms with Crippen LogP contribution in [0.1, 0.15) is 25.3 Å². The van der Waals surface area contributed by atoms with Crippen molar-refractivity contribution in [3.63, 3.8) is 0 Å². The summed E-state index contributed by atoms with van der Waals surface area (Å²) < 4.78 is 35.9. The van der Waals surface area contributed by atoms with Gasteiger partial charge in [0.1, 0.15) is 6.54 Å². The lowest BCUT2D eigenvalue weighted by Gasteiger charge is -2.22. The van der Waals surface area contributed by atoms with E-state index >= 15 is 0 Å². The lowest BCUT2D eigenvalue weighted by Crippen LogP contribution is -2.37. The minimum absolute atomic E-state index is 0.328. The molecule has 0 bridgehead atoms. The van der Waals surface area contributed by atoms with Gasteiger partial charge >= 0.3 is 0 Å². The van der Waals surface area contributed by atoms with Crippen LogP contribution in [0.3, 0.4) is 0 Å². The Morgan fingerprint density at radius 2 is 1.64 bits per heavy atom. The summed E-state index contributed by atoms with van der Waals surface area (Å²) in [5.41, 5.74) is 2.01. The summed E-state index contributed by atoms with van der Waals surface area (Å²) in [6.45, 7) is 3.77. The molecule has 0 saturated heterocycles. The van der Waals surface area contributed by atoms with Crippen molar-refractivity contribution in [2.24, 2.45) is 0 Å². The van der Waals surface area contributed by atoms with Gasteiger partial charge < -0.3 is 14.8 Å².